The minimum Gasteiger partial charge on any atom is -0.478 e. The number of hydrogen-bond acceptors (Lipinski definition) is 3. The fourth-order valence-corrected chi connectivity index (χ4v) is 1.98. The van der Waals surface area contributed by atoms with Gasteiger partial charge in [0.15, 0.2) is 0 Å². The van der Waals surface area contributed by atoms with Gasteiger partial charge < -0.3 is 19.5 Å². The van der Waals surface area contributed by atoms with Gasteiger partial charge in [0.05, 0.1) is 5.56 Å². The molecule has 1 aliphatic heterocycles. The highest BCUT2D eigenvalue weighted by Crippen LogP contribution is 2.04. The Morgan fingerprint density at radius 1 is 1.28 bits per heavy atom. The standard InChI is InChI=1S/C12H17N3O3/c1-13-4-6-15(7-5-13)11(16)9-14-3-2-10(8-14)12(17)18/h2-3,8H,4-7,9H2,1H3,(H,17,18). The lowest BCUT2D eigenvalue weighted by atomic mass is 10.3. The van der Waals surface area contributed by atoms with Crippen LogP contribution in [0.2, 0.25) is 0 Å². The highest BCUT2D eigenvalue weighted by molar-refractivity contribution is 5.87. The summed E-state index contributed by atoms with van der Waals surface area (Å²) in [5, 5.41) is 8.80. The molecule has 2 heterocycles. The smallest absolute Gasteiger partial charge is 0.337 e. The summed E-state index contributed by atoms with van der Waals surface area (Å²) in [7, 11) is 2.03. The minimum atomic E-state index is -0.971. The molecule has 1 aliphatic rings. The van der Waals surface area contributed by atoms with Crippen molar-refractivity contribution in [1.82, 2.24) is 14.4 Å². The molecule has 0 saturated carbocycles. The topological polar surface area (TPSA) is 65.8 Å². The van der Waals surface area contributed by atoms with E-state index < -0.39 is 5.97 Å². The average molecular weight is 251 g/mol. The summed E-state index contributed by atoms with van der Waals surface area (Å²) in [6, 6.07) is 1.50. The van der Waals surface area contributed by atoms with Crippen molar-refractivity contribution >= 4 is 11.9 Å². The first-order valence-electron chi connectivity index (χ1n) is 5.91. The van der Waals surface area contributed by atoms with E-state index in [0.29, 0.717) is 0 Å². The molecule has 0 bridgehead atoms. The summed E-state index contributed by atoms with van der Waals surface area (Å²) in [5.74, 6) is -0.934. The first-order valence-corrected chi connectivity index (χ1v) is 5.91. The highest BCUT2D eigenvalue weighted by Gasteiger charge is 2.19. The predicted molar refractivity (Wildman–Crippen MR) is 65.5 cm³/mol. The highest BCUT2D eigenvalue weighted by atomic mass is 16.4. The van der Waals surface area contributed by atoms with Crippen molar-refractivity contribution in [2.75, 3.05) is 33.2 Å². The van der Waals surface area contributed by atoms with E-state index in [1.54, 1.807) is 10.8 Å². The lowest BCUT2D eigenvalue weighted by Crippen LogP contribution is -2.48. The van der Waals surface area contributed by atoms with Crippen molar-refractivity contribution in [2.45, 2.75) is 6.54 Å². The number of carbonyl (C=O) groups is 2. The van der Waals surface area contributed by atoms with E-state index in [1.807, 2.05) is 11.9 Å². The van der Waals surface area contributed by atoms with E-state index >= 15 is 0 Å². The molecule has 6 nitrogen and oxygen atoms in total. The maximum atomic E-state index is 12.0. The monoisotopic (exact) mass is 251 g/mol. The number of piperazine rings is 1. The van der Waals surface area contributed by atoms with Crippen LogP contribution in [-0.2, 0) is 11.3 Å². The van der Waals surface area contributed by atoms with Crippen molar-refractivity contribution in [3.8, 4) is 0 Å². The number of amides is 1. The number of carboxylic acids is 1. The third-order valence-electron chi connectivity index (χ3n) is 3.17. The fraction of sp³-hybridized carbons (Fsp3) is 0.500. The average Bonchev–Trinajstić information content (AvgIpc) is 2.78. The maximum absolute atomic E-state index is 12.0. The summed E-state index contributed by atoms with van der Waals surface area (Å²) >= 11 is 0. The van der Waals surface area contributed by atoms with Crippen LogP contribution < -0.4 is 0 Å². The third kappa shape index (κ3) is 2.89. The van der Waals surface area contributed by atoms with E-state index in [-0.39, 0.29) is 18.0 Å². The maximum Gasteiger partial charge on any atom is 0.337 e. The molecular weight excluding hydrogens is 234 g/mol. The van der Waals surface area contributed by atoms with Crippen LogP contribution in [0.25, 0.3) is 0 Å². The molecule has 1 aromatic heterocycles. The van der Waals surface area contributed by atoms with Gasteiger partial charge in [0.1, 0.15) is 6.54 Å². The Kier molecular flexibility index (Phi) is 3.66. The second-order valence-corrected chi connectivity index (χ2v) is 4.56. The van der Waals surface area contributed by atoms with Crippen LogP contribution in [0.3, 0.4) is 0 Å². The Morgan fingerprint density at radius 2 is 1.94 bits per heavy atom. The molecule has 0 radical (unpaired) electrons. The second-order valence-electron chi connectivity index (χ2n) is 4.56. The number of carbonyl (C=O) groups excluding carboxylic acids is 1. The number of nitrogens with zero attached hydrogens (tertiary/aromatic N) is 3. The van der Waals surface area contributed by atoms with Gasteiger partial charge in [0.25, 0.3) is 0 Å². The molecule has 0 spiro atoms. The Bertz CT molecular complexity index is 447. The first-order chi connectivity index (χ1) is 8.56. The largest absolute Gasteiger partial charge is 0.478 e. The molecule has 98 valence electrons. The summed E-state index contributed by atoms with van der Waals surface area (Å²) < 4.78 is 1.62. The van der Waals surface area contributed by atoms with Crippen LogP contribution in [-0.4, -0.2) is 64.6 Å². The summed E-state index contributed by atoms with van der Waals surface area (Å²) in [6.45, 7) is 3.46. The van der Waals surface area contributed by atoms with Crippen molar-refractivity contribution < 1.29 is 14.7 Å². The van der Waals surface area contributed by atoms with Crippen molar-refractivity contribution in [3.63, 3.8) is 0 Å². The van der Waals surface area contributed by atoms with Crippen LogP contribution in [0.5, 0.6) is 0 Å². The normalized spacial score (nSPS) is 16.8. The second kappa shape index (κ2) is 5.22. The Morgan fingerprint density at radius 3 is 2.50 bits per heavy atom. The Balaban J connectivity index is 1.92. The molecule has 0 unspecified atom stereocenters. The van der Waals surface area contributed by atoms with Crippen LogP contribution in [0.4, 0.5) is 0 Å². The zero-order valence-corrected chi connectivity index (χ0v) is 10.4. The van der Waals surface area contributed by atoms with Gasteiger partial charge in [-0.25, -0.2) is 4.79 Å². The number of aromatic carboxylic acids is 1. The summed E-state index contributed by atoms with van der Waals surface area (Å²) in [4.78, 5) is 26.7. The van der Waals surface area contributed by atoms with E-state index in [4.69, 9.17) is 5.11 Å². The number of hydrogen-bond donors (Lipinski definition) is 1. The lowest BCUT2D eigenvalue weighted by Gasteiger charge is -2.32. The van der Waals surface area contributed by atoms with Crippen molar-refractivity contribution in [1.29, 1.82) is 0 Å². The Labute approximate surface area is 105 Å². The van der Waals surface area contributed by atoms with Gasteiger partial charge in [-0.1, -0.05) is 0 Å². The summed E-state index contributed by atoms with van der Waals surface area (Å²) in [5.41, 5.74) is 0.209. The minimum absolute atomic E-state index is 0.0376. The molecule has 2 rings (SSSR count). The summed E-state index contributed by atoms with van der Waals surface area (Å²) in [6.07, 6.45) is 3.10. The Hall–Kier alpha value is -1.82. The number of aromatic nitrogens is 1. The van der Waals surface area contributed by atoms with E-state index in [9.17, 15) is 9.59 Å². The van der Waals surface area contributed by atoms with Gasteiger partial charge in [0, 0.05) is 38.6 Å². The van der Waals surface area contributed by atoms with Gasteiger partial charge in [-0.15, -0.1) is 0 Å². The van der Waals surface area contributed by atoms with E-state index in [2.05, 4.69) is 4.90 Å². The molecule has 1 N–H and O–H groups in total. The molecule has 0 aromatic carbocycles. The zero-order valence-electron chi connectivity index (χ0n) is 10.4. The van der Waals surface area contributed by atoms with Crippen LogP contribution in [0.1, 0.15) is 10.4 Å². The van der Waals surface area contributed by atoms with Crippen LogP contribution >= 0.6 is 0 Å². The third-order valence-corrected chi connectivity index (χ3v) is 3.17. The van der Waals surface area contributed by atoms with Gasteiger partial charge in [-0.3, -0.25) is 4.79 Å². The van der Waals surface area contributed by atoms with Gasteiger partial charge >= 0.3 is 5.97 Å². The molecule has 1 amide bonds. The SMILES string of the molecule is CN1CCN(C(=O)Cn2ccc(C(=O)O)c2)CC1. The van der Waals surface area contributed by atoms with Crippen molar-refractivity contribution in [2.24, 2.45) is 0 Å². The number of likely N-dealkylation sites (N-methyl/N-ethyl adjacent to an activating group) is 1. The lowest BCUT2D eigenvalue weighted by molar-refractivity contribution is -0.133. The van der Waals surface area contributed by atoms with Crippen LogP contribution in [0, 0.1) is 0 Å². The number of carboxylic acid groups (broad SMARTS) is 1. The zero-order chi connectivity index (χ0) is 13.1. The van der Waals surface area contributed by atoms with Gasteiger partial charge in [0.2, 0.25) is 5.91 Å². The van der Waals surface area contributed by atoms with E-state index in [0.717, 1.165) is 26.2 Å². The molecule has 18 heavy (non-hydrogen) atoms. The van der Waals surface area contributed by atoms with Gasteiger partial charge in [-0.05, 0) is 13.1 Å². The molecule has 0 atom stereocenters. The fourth-order valence-electron chi connectivity index (χ4n) is 1.98. The molecule has 1 saturated heterocycles. The van der Waals surface area contributed by atoms with Crippen LogP contribution in [0.15, 0.2) is 18.5 Å². The predicted octanol–water partition coefficient (Wildman–Crippen LogP) is -0.0397. The molecular formula is C12H17N3O3. The first kappa shape index (κ1) is 12.6. The number of rotatable bonds is 3. The van der Waals surface area contributed by atoms with Gasteiger partial charge in [-0.2, -0.15) is 0 Å². The quantitative estimate of drug-likeness (QED) is 0.818. The molecule has 1 fully saturated rings. The molecule has 1 aromatic rings. The molecule has 0 aliphatic carbocycles. The van der Waals surface area contributed by atoms with E-state index in [1.165, 1.54) is 12.3 Å². The van der Waals surface area contributed by atoms with Crippen molar-refractivity contribution in [3.05, 3.63) is 24.0 Å². The molecule has 6 heteroatoms.